The molecule has 0 aliphatic carbocycles. The van der Waals surface area contributed by atoms with E-state index in [1.165, 1.54) is 11.8 Å². The van der Waals surface area contributed by atoms with Crippen molar-refractivity contribution in [3.63, 3.8) is 0 Å². The third-order valence-electron chi connectivity index (χ3n) is 3.81. The predicted octanol–water partition coefficient (Wildman–Crippen LogP) is 5.04. The van der Waals surface area contributed by atoms with Crippen LogP contribution in [0.15, 0.2) is 47.6 Å². The van der Waals surface area contributed by atoms with E-state index in [1.54, 1.807) is 18.2 Å². The second kappa shape index (κ2) is 9.44. The molecule has 0 heterocycles. The van der Waals surface area contributed by atoms with Crippen molar-refractivity contribution < 1.29 is 9.53 Å². The van der Waals surface area contributed by atoms with Crippen molar-refractivity contribution in [2.45, 2.75) is 26.2 Å². The smallest absolute Gasteiger partial charge is 0.277 e. The lowest BCUT2D eigenvalue weighted by molar-refractivity contribution is -0.123. The summed E-state index contributed by atoms with van der Waals surface area (Å²) in [7, 11) is 0. The molecule has 0 aliphatic heterocycles. The molecule has 2 rings (SSSR count). The summed E-state index contributed by atoms with van der Waals surface area (Å²) in [5.74, 6) is 0.772. The maximum Gasteiger partial charge on any atom is 0.277 e. The van der Waals surface area contributed by atoms with Gasteiger partial charge in [-0.1, -0.05) is 55.2 Å². The van der Waals surface area contributed by atoms with E-state index in [4.69, 9.17) is 27.9 Å². The van der Waals surface area contributed by atoms with Gasteiger partial charge in [0.05, 0.1) is 16.3 Å². The van der Waals surface area contributed by atoms with E-state index in [9.17, 15) is 4.79 Å². The zero-order chi connectivity index (χ0) is 18.2. The summed E-state index contributed by atoms with van der Waals surface area (Å²) in [4.78, 5) is 11.8. The van der Waals surface area contributed by atoms with Crippen LogP contribution >= 0.6 is 23.2 Å². The fourth-order valence-electron chi connectivity index (χ4n) is 2.11. The molecule has 1 atom stereocenters. The molecule has 0 aromatic heterocycles. The largest absolute Gasteiger partial charge is 0.484 e. The van der Waals surface area contributed by atoms with Gasteiger partial charge in [-0.2, -0.15) is 5.10 Å². The third kappa shape index (κ3) is 5.76. The van der Waals surface area contributed by atoms with Crippen molar-refractivity contribution in [3.05, 3.63) is 63.6 Å². The van der Waals surface area contributed by atoms with Crippen molar-refractivity contribution in [2.24, 2.45) is 5.10 Å². The van der Waals surface area contributed by atoms with Gasteiger partial charge in [-0.05, 0) is 42.2 Å². The summed E-state index contributed by atoms with van der Waals surface area (Å²) >= 11 is 12.0. The van der Waals surface area contributed by atoms with E-state index in [1.807, 2.05) is 24.3 Å². The normalized spacial score (nSPS) is 12.2. The lowest BCUT2D eigenvalue weighted by atomic mass is 9.99. The summed E-state index contributed by atoms with van der Waals surface area (Å²) in [5.41, 5.74) is 4.18. The number of nitrogens with zero attached hydrogens (tertiary/aromatic N) is 1. The average Bonchev–Trinajstić information content (AvgIpc) is 2.62. The molecule has 0 saturated carbocycles. The average molecular weight is 379 g/mol. The van der Waals surface area contributed by atoms with Crippen LogP contribution in [0.2, 0.25) is 10.0 Å². The molecule has 0 bridgehead atoms. The number of carbonyl (C=O) groups excluding carboxylic acids is 1. The molecular weight excluding hydrogens is 359 g/mol. The van der Waals surface area contributed by atoms with Crippen LogP contribution in [0.1, 0.15) is 37.3 Å². The second-order valence-electron chi connectivity index (χ2n) is 5.60. The summed E-state index contributed by atoms with van der Waals surface area (Å²) in [6.45, 7) is 4.19. The van der Waals surface area contributed by atoms with Crippen LogP contribution in [0.4, 0.5) is 0 Å². The van der Waals surface area contributed by atoms with Gasteiger partial charge < -0.3 is 4.74 Å². The number of hydrogen-bond donors (Lipinski definition) is 1. The minimum Gasteiger partial charge on any atom is -0.484 e. The molecule has 0 fully saturated rings. The predicted molar refractivity (Wildman–Crippen MR) is 103 cm³/mol. The second-order valence-corrected chi connectivity index (χ2v) is 6.41. The quantitative estimate of drug-likeness (QED) is 0.542. The molecule has 2 aromatic carbocycles. The van der Waals surface area contributed by atoms with Gasteiger partial charge in [0, 0.05) is 5.56 Å². The third-order valence-corrected chi connectivity index (χ3v) is 4.47. The fourth-order valence-corrected chi connectivity index (χ4v) is 2.61. The molecule has 6 heteroatoms. The topological polar surface area (TPSA) is 50.7 Å². The number of benzene rings is 2. The molecule has 25 heavy (non-hydrogen) atoms. The Morgan fingerprint density at radius 2 is 1.84 bits per heavy atom. The highest BCUT2D eigenvalue weighted by Crippen LogP contribution is 2.22. The highest BCUT2D eigenvalue weighted by atomic mass is 35.5. The minimum absolute atomic E-state index is 0.129. The van der Waals surface area contributed by atoms with E-state index in [0.29, 0.717) is 27.3 Å². The van der Waals surface area contributed by atoms with Gasteiger partial charge in [-0.15, -0.1) is 0 Å². The molecule has 0 unspecified atom stereocenters. The Balaban J connectivity index is 1.83. The van der Waals surface area contributed by atoms with Gasteiger partial charge >= 0.3 is 0 Å². The number of carbonyl (C=O) groups is 1. The van der Waals surface area contributed by atoms with Crippen molar-refractivity contribution in [2.75, 3.05) is 6.61 Å². The van der Waals surface area contributed by atoms with Crippen LogP contribution in [-0.2, 0) is 4.79 Å². The number of amides is 1. The number of halogens is 2. The first-order valence-electron chi connectivity index (χ1n) is 8.00. The van der Waals surface area contributed by atoms with Gasteiger partial charge in [-0.25, -0.2) is 5.43 Å². The highest BCUT2D eigenvalue weighted by Gasteiger charge is 2.05. The Morgan fingerprint density at radius 3 is 2.44 bits per heavy atom. The summed E-state index contributed by atoms with van der Waals surface area (Å²) in [6, 6.07) is 12.9. The van der Waals surface area contributed by atoms with Crippen LogP contribution in [0, 0.1) is 0 Å². The van der Waals surface area contributed by atoms with Crippen molar-refractivity contribution >= 4 is 35.3 Å². The number of ether oxygens (including phenoxy) is 1. The Labute approximate surface area is 157 Å². The van der Waals surface area contributed by atoms with Crippen molar-refractivity contribution in [1.82, 2.24) is 5.43 Å². The van der Waals surface area contributed by atoms with Crippen LogP contribution < -0.4 is 10.2 Å². The van der Waals surface area contributed by atoms with E-state index < -0.39 is 0 Å². The lowest BCUT2D eigenvalue weighted by Crippen LogP contribution is -2.24. The molecule has 0 radical (unpaired) electrons. The SMILES string of the molecule is CC[C@H](C)c1ccc(OCC(=O)N/N=C\c2c(Cl)cccc2Cl)cc1. The zero-order valence-corrected chi connectivity index (χ0v) is 15.6. The lowest BCUT2D eigenvalue weighted by Gasteiger charge is -2.10. The molecule has 0 spiro atoms. The van der Waals surface area contributed by atoms with Gasteiger partial charge in [0.15, 0.2) is 6.61 Å². The van der Waals surface area contributed by atoms with Crippen LogP contribution in [-0.4, -0.2) is 18.7 Å². The standard InChI is InChI=1S/C19H20Cl2N2O2/c1-3-13(2)14-7-9-15(10-8-14)25-12-19(24)23-22-11-16-17(20)5-4-6-18(16)21/h4-11,13H,3,12H2,1-2H3,(H,23,24)/b22-11-/t13-/m0/s1. The Morgan fingerprint density at radius 1 is 1.20 bits per heavy atom. The zero-order valence-electron chi connectivity index (χ0n) is 14.1. The molecule has 132 valence electrons. The summed E-state index contributed by atoms with van der Waals surface area (Å²) in [6.07, 6.45) is 2.49. The molecular formula is C19H20Cl2N2O2. The maximum absolute atomic E-state index is 11.8. The van der Waals surface area contributed by atoms with Crippen molar-refractivity contribution in [1.29, 1.82) is 0 Å². The molecule has 1 amide bonds. The molecule has 0 aliphatic rings. The van der Waals surface area contributed by atoms with E-state index >= 15 is 0 Å². The number of hydrogen-bond acceptors (Lipinski definition) is 3. The molecule has 4 nitrogen and oxygen atoms in total. The first-order chi connectivity index (χ1) is 12.0. The fraction of sp³-hybridized carbons (Fsp3) is 0.263. The van der Waals surface area contributed by atoms with Gasteiger partial charge in [0.25, 0.3) is 5.91 Å². The Hall–Kier alpha value is -2.04. The number of hydrazone groups is 1. The molecule has 0 saturated heterocycles. The van der Waals surface area contributed by atoms with Crippen LogP contribution in [0.3, 0.4) is 0 Å². The maximum atomic E-state index is 11.8. The number of nitrogens with one attached hydrogen (secondary N) is 1. The number of rotatable bonds is 7. The van der Waals surface area contributed by atoms with Gasteiger partial charge in [0.1, 0.15) is 5.75 Å². The monoisotopic (exact) mass is 378 g/mol. The van der Waals surface area contributed by atoms with E-state index in [2.05, 4.69) is 24.4 Å². The van der Waals surface area contributed by atoms with E-state index in [0.717, 1.165) is 6.42 Å². The first-order valence-corrected chi connectivity index (χ1v) is 8.75. The Kier molecular flexibility index (Phi) is 7.29. The van der Waals surface area contributed by atoms with Crippen LogP contribution in [0.25, 0.3) is 0 Å². The highest BCUT2D eigenvalue weighted by molar-refractivity contribution is 6.38. The van der Waals surface area contributed by atoms with Crippen LogP contribution in [0.5, 0.6) is 5.75 Å². The van der Waals surface area contributed by atoms with E-state index in [-0.39, 0.29) is 12.5 Å². The van der Waals surface area contributed by atoms with Gasteiger partial charge in [0.2, 0.25) is 0 Å². The van der Waals surface area contributed by atoms with Crippen molar-refractivity contribution in [3.8, 4) is 5.75 Å². The summed E-state index contributed by atoms with van der Waals surface area (Å²) in [5, 5.41) is 4.77. The molecule has 2 aromatic rings. The molecule has 1 N–H and O–H groups in total. The first kappa shape index (κ1) is 19.3. The summed E-state index contributed by atoms with van der Waals surface area (Å²) < 4.78 is 5.45. The van der Waals surface area contributed by atoms with Gasteiger partial charge in [-0.3, -0.25) is 4.79 Å². The Bertz CT molecular complexity index is 725. The minimum atomic E-state index is -0.370.